The molecule has 0 saturated carbocycles. The van der Waals surface area contributed by atoms with Crippen LogP contribution in [-0.4, -0.2) is 24.1 Å². The van der Waals surface area contributed by atoms with Gasteiger partial charge in [-0.25, -0.2) is 0 Å². The third kappa shape index (κ3) is 4.54. The Morgan fingerprint density at radius 2 is 2.00 bits per heavy atom. The smallest absolute Gasteiger partial charge is 0.0635 e. The number of nitrogens with zero attached hydrogens (tertiary/aromatic N) is 1. The Morgan fingerprint density at radius 1 is 1.38 bits per heavy atom. The second-order valence-corrected chi connectivity index (χ2v) is 4.45. The fraction of sp³-hybridized carbons (Fsp3) is 0.900. The van der Waals surface area contributed by atoms with Crippen LogP contribution in [0.1, 0.15) is 33.1 Å². The van der Waals surface area contributed by atoms with E-state index < -0.39 is 0 Å². The van der Waals surface area contributed by atoms with Gasteiger partial charge in [0.05, 0.1) is 6.07 Å². The van der Waals surface area contributed by atoms with Crippen molar-refractivity contribution < 1.29 is 0 Å². The summed E-state index contributed by atoms with van der Waals surface area (Å²) in [6, 6.07) is 2.14. The van der Waals surface area contributed by atoms with Gasteiger partial charge in [0, 0.05) is 24.3 Å². The van der Waals surface area contributed by atoms with E-state index in [0.717, 1.165) is 13.1 Å². The Bertz CT molecular complexity index is 151. The van der Waals surface area contributed by atoms with Crippen molar-refractivity contribution in [1.82, 2.24) is 5.32 Å². The van der Waals surface area contributed by atoms with Gasteiger partial charge >= 0.3 is 0 Å². The highest BCUT2D eigenvalue weighted by Crippen LogP contribution is 2.29. The molecule has 0 aromatic rings. The van der Waals surface area contributed by atoms with Crippen molar-refractivity contribution in [2.75, 3.05) is 19.3 Å². The van der Waals surface area contributed by atoms with Crippen LogP contribution in [0.5, 0.6) is 0 Å². The topological polar surface area (TPSA) is 35.8 Å². The van der Waals surface area contributed by atoms with Crippen molar-refractivity contribution in [2.45, 2.75) is 37.9 Å². The van der Waals surface area contributed by atoms with Gasteiger partial charge in [-0.05, 0) is 19.1 Å². The molecule has 0 amide bonds. The fourth-order valence-corrected chi connectivity index (χ4v) is 2.15. The van der Waals surface area contributed by atoms with Crippen molar-refractivity contribution in [3.63, 3.8) is 0 Å². The third-order valence-corrected chi connectivity index (χ3v) is 4.17. The van der Waals surface area contributed by atoms with Gasteiger partial charge in [-0.1, -0.05) is 13.8 Å². The molecule has 0 rings (SSSR count). The molecule has 76 valence electrons. The number of thioether (sulfide) groups is 1. The van der Waals surface area contributed by atoms with Gasteiger partial charge < -0.3 is 5.32 Å². The molecule has 0 aromatic carbocycles. The van der Waals surface area contributed by atoms with Crippen LogP contribution in [0.15, 0.2) is 0 Å². The summed E-state index contributed by atoms with van der Waals surface area (Å²) in [5.41, 5.74) is 0. The van der Waals surface area contributed by atoms with Crippen LogP contribution in [0.2, 0.25) is 0 Å². The van der Waals surface area contributed by atoms with E-state index in [1.54, 1.807) is 0 Å². The van der Waals surface area contributed by atoms with Crippen LogP contribution in [-0.2, 0) is 0 Å². The quantitative estimate of drug-likeness (QED) is 0.641. The maximum atomic E-state index is 8.37. The molecule has 0 aliphatic rings. The molecule has 1 N–H and O–H groups in total. The number of nitrogens with one attached hydrogen (secondary N) is 1. The predicted octanol–water partition coefficient (Wildman–Crippen LogP) is 2.41. The zero-order valence-electron chi connectivity index (χ0n) is 8.89. The molecule has 0 unspecified atom stereocenters. The van der Waals surface area contributed by atoms with Gasteiger partial charge in [0.2, 0.25) is 0 Å². The summed E-state index contributed by atoms with van der Waals surface area (Å²) >= 11 is 1.93. The van der Waals surface area contributed by atoms with E-state index in [1.807, 2.05) is 11.8 Å². The first-order valence-electron chi connectivity index (χ1n) is 4.87. The normalized spacial score (nSPS) is 11.2. The summed E-state index contributed by atoms with van der Waals surface area (Å²) in [7, 11) is 0. The van der Waals surface area contributed by atoms with E-state index in [-0.39, 0.29) is 0 Å². The molecule has 0 aromatic heterocycles. The first kappa shape index (κ1) is 12.8. The summed E-state index contributed by atoms with van der Waals surface area (Å²) in [6.07, 6.45) is 5.14. The Hall–Kier alpha value is -0.200. The minimum atomic E-state index is 0.370. The highest BCUT2D eigenvalue weighted by Gasteiger charge is 2.23. The molecule has 0 radical (unpaired) electrons. The second-order valence-electron chi connectivity index (χ2n) is 3.18. The van der Waals surface area contributed by atoms with Gasteiger partial charge in [-0.2, -0.15) is 17.0 Å². The summed E-state index contributed by atoms with van der Waals surface area (Å²) in [6.45, 7) is 6.29. The molecule has 0 saturated heterocycles. The molecule has 2 nitrogen and oxygen atoms in total. The second kappa shape index (κ2) is 7.23. The number of rotatable bonds is 7. The minimum Gasteiger partial charge on any atom is -0.314 e. The van der Waals surface area contributed by atoms with Crippen LogP contribution in [0, 0.1) is 11.3 Å². The molecule has 3 heteroatoms. The lowest BCUT2D eigenvalue weighted by Crippen LogP contribution is -2.36. The lowest BCUT2D eigenvalue weighted by Gasteiger charge is -2.29. The van der Waals surface area contributed by atoms with Crippen molar-refractivity contribution in [2.24, 2.45) is 0 Å². The standard InChI is InChI=1S/C10H20N2S/c1-4-10(5-2,13-3)9-12-8-6-7-11/h12H,4-6,8-9H2,1-3H3. The maximum Gasteiger partial charge on any atom is 0.0635 e. The van der Waals surface area contributed by atoms with Gasteiger partial charge in [-0.3, -0.25) is 0 Å². The fourth-order valence-electron chi connectivity index (χ4n) is 1.32. The third-order valence-electron chi connectivity index (χ3n) is 2.58. The first-order chi connectivity index (χ1) is 6.24. The SMILES string of the molecule is CCC(CC)(CNCCC#N)SC. The molecule has 0 atom stereocenters. The number of hydrogen-bond donors (Lipinski definition) is 1. The Morgan fingerprint density at radius 3 is 2.38 bits per heavy atom. The van der Waals surface area contributed by atoms with E-state index in [0.29, 0.717) is 11.2 Å². The molecule has 0 aliphatic heterocycles. The van der Waals surface area contributed by atoms with Crippen LogP contribution in [0.4, 0.5) is 0 Å². The van der Waals surface area contributed by atoms with Crippen molar-refractivity contribution in [1.29, 1.82) is 5.26 Å². The van der Waals surface area contributed by atoms with Crippen LogP contribution in [0.3, 0.4) is 0 Å². The van der Waals surface area contributed by atoms with E-state index in [1.165, 1.54) is 12.8 Å². The van der Waals surface area contributed by atoms with Gasteiger partial charge in [0.15, 0.2) is 0 Å². The maximum absolute atomic E-state index is 8.37. The largest absolute Gasteiger partial charge is 0.314 e. The van der Waals surface area contributed by atoms with Crippen molar-refractivity contribution >= 4 is 11.8 Å². The molecule has 0 bridgehead atoms. The lowest BCUT2D eigenvalue weighted by atomic mass is 10.0. The number of nitriles is 1. The highest BCUT2D eigenvalue weighted by atomic mass is 32.2. The van der Waals surface area contributed by atoms with Crippen molar-refractivity contribution in [3.8, 4) is 6.07 Å². The van der Waals surface area contributed by atoms with Crippen LogP contribution >= 0.6 is 11.8 Å². The number of hydrogen-bond acceptors (Lipinski definition) is 3. The molecule has 0 fully saturated rings. The summed E-state index contributed by atoms with van der Waals surface area (Å²) < 4.78 is 0.370. The van der Waals surface area contributed by atoms with Crippen LogP contribution in [0.25, 0.3) is 0 Å². The zero-order chi connectivity index (χ0) is 10.2. The Labute approximate surface area is 86.1 Å². The average Bonchev–Trinajstić information content (AvgIpc) is 2.20. The zero-order valence-corrected chi connectivity index (χ0v) is 9.71. The molecular formula is C10H20N2S. The molecular weight excluding hydrogens is 180 g/mol. The highest BCUT2D eigenvalue weighted by molar-refractivity contribution is 8.00. The Balaban J connectivity index is 3.76. The summed E-state index contributed by atoms with van der Waals surface area (Å²) in [5, 5.41) is 11.7. The van der Waals surface area contributed by atoms with Gasteiger partial charge in [0.25, 0.3) is 0 Å². The van der Waals surface area contributed by atoms with E-state index in [9.17, 15) is 0 Å². The molecule has 0 aliphatic carbocycles. The van der Waals surface area contributed by atoms with Gasteiger partial charge in [0.1, 0.15) is 0 Å². The molecule has 13 heavy (non-hydrogen) atoms. The van der Waals surface area contributed by atoms with E-state index >= 15 is 0 Å². The van der Waals surface area contributed by atoms with Crippen LogP contribution < -0.4 is 5.32 Å². The predicted molar refractivity (Wildman–Crippen MR) is 59.9 cm³/mol. The summed E-state index contributed by atoms with van der Waals surface area (Å²) in [4.78, 5) is 0. The van der Waals surface area contributed by atoms with Gasteiger partial charge in [-0.15, -0.1) is 0 Å². The first-order valence-corrected chi connectivity index (χ1v) is 6.10. The lowest BCUT2D eigenvalue weighted by molar-refractivity contribution is 0.499. The van der Waals surface area contributed by atoms with E-state index in [2.05, 4.69) is 31.5 Å². The van der Waals surface area contributed by atoms with E-state index in [4.69, 9.17) is 5.26 Å². The molecule has 0 heterocycles. The van der Waals surface area contributed by atoms with Crippen molar-refractivity contribution in [3.05, 3.63) is 0 Å². The average molecular weight is 200 g/mol. The Kier molecular flexibility index (Phi) is 7.12. The molecule has 0 spiro atoms. The monoisotopic (exact) mass is 200 g/mol. The minimum absolute atomic E-state index is 0.370. The summed E-state index contributed by atoms with van der Waals surface area (Å²) in [5.74, 6) is 0.